The molecule has 8 nitrogen and oxygen atoms in total. The van der Waals surface area contributed by atoms with E-state index in [1.807, 2.05) is 50.2 Å². The Labute approximate surface area is 186 Å². The quantitative estimate of drug-likeness (QED) is 0.314. The van der Waals surface area contributed by atoms with E-state index in [0.29, 0.717) is 41.9 Å². The highest BCUT2D eigenvalue weighted by atomic mass is 16.6. The molecule has 168 valence electrons. The molecule has 0 saturated carbocycles. The van der Waals surface area contributed by atoms with E-state index in [2.05, 4.69) is 10.1 Å². The summed E-state index contributed by atoms with van der Waals surface area (Å²) in [7, 11) is 1.57. The first-order chi connectivity index (χ1) is 15.6. The third-order valence-corrected chi connectivity index (χ3v) is 4.30. The average Bonchev–Trinajstić information content (AvgIpc) is 3.30. The Morgan fingerprint density at radius 3 is 2.69 bits per heavy atom. The monoisotopic (exact) mass is 438 g/mol. The summed E-state index contributed by atoms with van der Waals surface area (Å²) in [6.45, 7) is 4.92. The zero-order chi connectivity index (χ0) is 22.8. The fourth-order valence-corrected chi connectivity index (χ4v) is 2.83. The lowest BCUT2D eigenvalue weighted by Crippen LogP contribution is -2.01. The summed E-state index contributed by atoms with van der Waals surface area (Å²) in [5.74, 6) is 1.94. The van der Waals surface area contributed by atoms with Gasteiger partial charge < -0.3 is 23.5 Å². The summed E-state index contributed by atoms with van der Waals surface area (Å²) in [6.07, 6.45) is 3.87. The van der Waals surface area contributed by atoms with Crippen LogP contribution in [-0.2, 0) is 16.1 Å². The van der Waals surface area contributed by atoms with Crippen LogP contribution >= 0.6 is 0 Å². The van der Waals surface area contributed by atoms with Gasteiger partial charge in [0.15, 0.2) is 18.1 Å². The first-order valence-electron chi connectivity index (χ1n) is 10.3. The van der Waals surface area contributed by atoms with Crippen LogP contribution in [-0.4, -0.2) is 36.4 Å². The second-order valence-corrected chi connectivity index (χ2v) is 6.64. The number of nitrogens with zero attached hydrogens (tertiary/aromatic N) is 2. The van der Waals surface area contributed by atoms with Crippen molar-refractivity contribution < 1.29 is 28.3 Å². The van der Waals surface area contributed by atoms with Crippen molar-refractivity contribution in [1.29, 1.82) is 0 Å². The molecule has 2 aromatic carbocycles. The molecule has 0 amide bonds. The van der Waals surface area contributed by atoms with Crippen LogP contribution in [0.3, 0.4) is 0 Å². The molecule has 0 fully saturated rings. The largest absolute Gasteiger partial charge is 0.496 e. The Bertz CT molecular complexity index is 1060. The Morgan fingerprint density at radius 2 is 1.91 bits per heavy atom. The molecule has 8 heteroatoms. The molecule has 32 heavy (non-hydrogen) atoms. The van der Waals surface area contributed by atoms with Gasteiger partial charge in [-0.25, -0.2) is 4.79 Å². The SMILES string of the molecule is CCCOc1ccc(/C=C/C(=O)OCc2nc(-c3ccccc3OC)no2)cc1OCC. The minimum atomic E-state index is -0.536. The van der Waals surface area contributed by atoms with Crippen LogP contribution in [0.15, 0.2) is 53.1 Å². The van der Waals surface area contributed by atoms with Crippen molar-refractivity contribution in [3.8, 4) is 28.6 Å². The molecule has 0 unspecified atom stereocenters. The molecule has 3 aromatic rings. The van der Waals surface area contributed by atoms with E-state index in [-0.39, 0.29) is 12.5 Å². The van der Waals surface area contributed by atoms with Gasteiger partial charge in [0.05, 0.1) is 25.9 Å². The molecule has 0 N–H and O–H groups in total. The average molecular weight is 438 g/mol. The number of rotatable bonds is 11. The van der Waals surface area contributed by atoms with Crippen molar-refractivity contribution in [3.05, 3.63) is 60.0 Å². The Kier molecular flexibility index (Phi) is 8.25. The highest BCUT2D eigenvalue weighted by molar-refractivity contribution is 5.87. The number of para-hydroxylation sites is 1. The molecular weight excluding hydrogens is 412 g/mol. The molecule has 0 atom stereocenters. The maximum absolute atomic E-state index is 12.1. The van der Waals surface area contributed by atoms with E-state index in [1.165, 1.54) is 6.08 Å². The van der Waals surface area contributed by atoms with Crippen LogP contribution in [0, 0.1) is 0 Å². The highest BCUT2D eigenvalue weighted by Crippen LogP contribution is 2.29. The summed E-state index contributed by atoms with van der Waals surface area (Å²) in [5.41, 5.74) is 1.47. The normalized spacial score (nSPS) is 10.8. The molecule has 0 aliphatic heterocycles. The van der Waals surface area contributed by atoms with E-state index >= 15 is 0 Å². The molecule has 1 heterocycles. The van der Waals surface area contributed by atoms with Gasteiger partial charge in [-0.2, -0.15) is 4.98 Å². The number of hydrogen-bond donors (Lipinski definition) is 0. The lowest BCUT2D eigenvalue weighted by Gasteiger charge is -2.11. The van der Waals surface area contributed by atoms with Gasteiger partial charge in [0.2, 0.25) is 5.82 Å². The van der Waals surface area contributed by atoms with Crippen molar-refractivity contribution in [2.75, 3.05) is 20.3 Å². The molecule has 0 aliphatic carbocycles. The van der Waals surface area contributed by atoms with Gasteiger partial charge in [-0.15, -0.1) is 0 Å². The molecule has 0 spiro atoms. The van der Waals surface area contributed by atoms with Gasteiger partial charge in [0, 0.05) is 6.08 Å². The summed E-state index contributed by atoms with van der Waals surface area (Å²) < 4.78 is 27.0. The number of carbonyl (C=O) groups is 1. The van der Waals surface area contributed by atoms with Gasteiger partial charge >= 0.3 is 5.97 Å². The number of benzene rings is 2. The number of methoxy groups -OCH3 is 1. The molecule has 0 aliphatic rings. The van der Waals surface area contributed by atoms with Crippen molar-refractivity contribution >= 4 is 12.0 Å². The minimum absolute atomic E-state index is 0.140. The van der Waals surface area contributed by atoms with E-state index in [4.69, 9.17) is 23.5 Å². The third kappa shape index (κ3) is 6.10. The van der Waals surface area contributed by atoms with Gasteiger partial charge in [-0.1, -0.05) is 30.3 Å². The summed E-state index contributed by atoms with van der Waals surface area (Å²) >= 11 is 0. The summed E-state index contributed by atoms with van der Waals surface area (Å²) in [4.78, 5) is 16.4. The van der Waals surface area contributed by atoms with Crippen molar-refractivity contribution in [2.24, 2.45) is 0 Å². The van der Waals surface area contributed by atoms with Gasteiger partial charge in [0.1, 0.15) is 5.75 Å². The van der Waals surface area contributed by atoms with Crippen molar-refractivity contribution in [3.63, 3.8) is 0 Å². The first kappa shape index (κ1) is 22.9. The highest BCUT2D eigenvalue weighted by Gasteiger charge is 2.14. The van der Waals surface area contributed by atoms with Crippen molar-refractivity contribution in [2.45, 2.75) is 26.9 Å². The molecule has 0 bridgehead atoms. The predicted octanol–water partition coefficient (Wildman–Crippen LogP) is 4.69. The minimum Gasteiger partial charge on any atom is -0.496 e. The van der Waals surface area contributed by atoms with Crippen LogP contribution in [0.4, 0.5) is 0 Å². The van der Waals surface area contributed by atoms with Crippen LogP contribution in [0.2, 0.25) is 0 Å². The van der Waals surface area contributed by atoms with Crippen LogP contribution in [0.25, 0.3) is 17.5 Å². The zero-order valence-corrected chi connectivity index (χ0v) is 18.4. The lowest BCUT2D eigenvalue weighted by molar-refractivity contribution is -0.139. The summed E-state index contributed by atoms with van der Waals surface area (Å²) in [6, 6.07) is 12.8. The summed E-state index contributed by atoms with van der Waals surface area (Å²) in [5, 5.41) is 3.92. The van der Waals surface area contributed by atoms with Crippen molar-refractivity contribution in [1.82, 2.24) is 10.1 Å². The van der Waals surface area contributed by atoms with Crippen LogP contribution < -0.4 is 14.2 Å². The fourth-order valence-electron chi connectivity index (χ4n) is 2.83. The topological polar surface area (TPSA) is 92.9 Å². The number of aromatic nitrogens is 2. The predicted molar refractivity (Wildman–Crippen MR) is 119 cm³/mol. The smallest absolute Gasteiger partial charge is 0.331 e. The number of esters is 1. The van der Waals surface area contributed by atoms with E-state index in [1.54, 1.807) is 19.3 Å². The van der Waals surface area contributed by atoms with Crippen LogP contribution in [0.1, 0.15) is 31.7 Å². The number of ether oxygens (including phenoxy) is 4. The zero-order valence-electron chi connectivity index (χ0n) is 18.4. The third-order valence-electron chi connectivity index (χ3n) is 4.30. The maximum atomic E-state index is 12.1. The lowest BCUT2D eigenvalue weighted by atomic mass is 10.2. The number of carbonyl (C=O) groups excluding carboxylic acids is 1. The van der Waals surface area contributed by atoms with E-state index < -0.39 is 5.97 Å². The Hall–Kier alpha value is -3.81. The second kappa shape index (κ2) is 11.5. The van der Waals surface area contributed by atoms with Gasteiger partial charge in [-0.3, -0.25) is 0 Å². The second-order valence-electron chi connectivity index (χ2n) is 6.64. The van der Waals surface area contributed by atoms with Gasteiger partial charge in [0.25, 0.3) is 5.89 Å². The Balaban J connectivity index is 1.59. The fraction of sp³-hybridized carbons (Fsp3) is 0.292. The van der Waals surface area contributed by atoms with Crippen LogP contribution in [0.5, 0.6) is 17.2 Å². The molecule has 0 radical (unpaired) electrons. The molecule has 0 saturated heterocycles. The standard InChI is InChI=1S/C24H26N2O6/c1-4-14-30-20-12-10-17(15-21(20)29-5-2)11-13-23(27)31-16-22-25-24(26-32-22)18-8-6-7-9-19(18)28-3/h6-13,15H,4-5,14,16H2,1-3H3/b13-11+. The molecule has 1 aromatic heterocycles. The number of hydrogen-bond acceptors (Lipinski definition) is 8. The van der Waals surface area contributed by atoms with E-state index in [0.717, 1.165) is 12.0 Å². The van der Waals surface area contributed by atoms with Gasteiger partial charge in [-0.05, 0) is 49.2 Å². The Morgan fingerprint density at radius 1 is 1.06 bits per heavy atom. The first-order valence-corrected chi connectivity index (χ1v) is 10.3. The van der Waals surface area contributed by atoms with E-state index in [9.17, 15) is 4.79 Å². The molecule has 3 rings (SSSR count). The molecular formula is C24H26N2O6. The maximum Gasteiger partial charge on any atom is 0.331 e.